The van der Waals surface area contributed by atoms with Gasteiger partial charge in [-0.15, -0.1) is 0 Å². The molecular weight excluding hydrogens is 182 g/mol. The molecule has 5 heteroatoms. The quantitative estimate of drug-likeness (QED) is 0.750. The third kappa shape index (κ3) is 2.62. The molecule has 0 saturated carbocycles. The van der Waals surface area contributed by atoms with E-state index in [0.717, 1.165) is 5.56 Å². The lowest BCUT2D eigenvalue weighted by molar-refractivity contribution is 0.168. The van der Waals surface area contributed by atoms with Gasteiger partial charge in [-0.3, -0.25) is 5.32 Å². The van der Waals surface area contributed by atoms with E-state index >= 15 is 0 Å². The van der Waals surface area contributed by atoms with E-state index < -0.39 is 6.09 Å². The van der Waals surface area contributed by atoms with Crippen LogP contribution in [0.3, 0.4) is 0 Å². The first kappa shape index (κ1) is 10.3. The largest absolute Gasteiger partial charge is 0.450 e. The second kappa shape index (κ2) is 4.45. The normalized spacial score (nSPS) is 9.57. The maximum absolute atomic E-state index is 11.0. The van der Waals surface area contributed by atoms with Crippen molar-refractivity contribution in [2.75, 3.05) is 17.7 Å². The Bertz CT molecular complexity index is 339. The van der Waals surface area contributed by atoms with Crippen LogP contribution in [0.15, 0.2) is 12.3 Å². The van der Waals surface area contributed by atoms with Crippen molar-refractivity contribution in [1.82, 2.24) is 4.98 Å². The van der Waals surface area contributed by atoms with Crippen LogP contribution in [-0.2, 0) is 4.74 Å². The van der Waals surface area contributed by atoms with Gasteiger partial charge in [0.1, 0.15) is 0 Å². The summed E-state index contributed by atoms with van der Waals surface area (Å²) in [6, 6.07) is 1.73. The summed E-state index contributed by atoms with van der Waals surface area (Å²) in [4.78, 5) is 15.0. The number of hydrogen-bond donors (Lipinski definition) is 2. The molecule has 1 amide bonds. The van der Waals surface area contributed by atoms with Gasteiger partial charge in [0, 0.05) is 6.20 Å². The van der Waals surface area contributed by atoms with E-state index in [1.54, 1.807) is 19.2 Å². The van der Waals surface area contributed by atoms with Gasteiger partial charge in [-0.05, 0) is 25.5 Å². The Morgan fingerprint density at radius 3 is 3.00 bits per heavy atom. The maximum atomic E-state index is 11.0. The summed E-state index contributed by atoms with van der Waals surface area (Å²) in [5, 5.41) is 2.44. The molecule has 76 valence electrons. The average Bonchev–Trinajstić information content (AvgIpc) is 2.10. The van der Waals surface area contributed by atoms with Crippen molar-refractivity contribution in [3.8, 4) is 0 Å². The lowest BCUT2D eigenvalue weighted by atomic mass is 10.3. The third-order valence-electron chi connectivity index (χ3n) is 1.55. The van der Waals surface area contributed by atoms with Crippen molar-refractivity contribution in [2.24, 2.45) is 0 Å². The van der Waals surface area contributed by atoms with Gasteiger partial charge in [-0.2, -0.15) is 0 Å². The van der Waals surface area contributed by atoms with Gasteiger partial charge in [0.15, 0.2) is 5.82 Å². The van der Waals surface area contributed by atoms with Gasteiger partial charge in [-0.1, -0.05) is 0 Å². The first-order valence-electron chi connectivity index (χ1n) is 4.29. The van der Waals surface area contributed by atoms with E-state index in [2.05, 4.69) is 15.0 Å². The molecule has 5 nitrogen and oxygen atoms in total. The Kier molecular flexibility index (Phi) is 3.28. The van der Waals surface area contributed by atoms with Crippen LogP contribution in [0.25, 0.3) is 0 Å². The molecule has 1 heterocycles. The average molecular weight is 195 g/mol. The molecule has 14 heavy (non-hydrogen) atoms. The second-order valence-corrected chi connectivity index (χ2v) is 2.80. The van der Waals surface area contributed by atoms with Crippen molar-refractivity contribution in [3.63, 3.8) is 0 Å². The number of ether oxygens (including phenoxy) is 1. The zero-order valence-electron chi connectivity index (χ0n) is 8.20. The Morgan fingerprint density at radius 2 is 2.43 bits per heavy atom. The molecule has 0 spiro atoms. The molecule has 0 unspecified atom stereocenters. The van der Waals surface area contributed by atoms with Crippen LogP contribution >= 0.6 is 0 Å². The summed E-state index contributed by atoms with van der Waals surface area (Å²) in [5.74, 6) is 0.328. The third-order valence-corrected chi connectivity index (χ3v) is 1.55. The minimum atomic E-state index is -0.546. The van der Waals surface area contributed by atoms with Crippen LogP contribution in [0.5, 0.6) is 0 Å². The number of nitrogen functional groups attached to an aromatic ring is 1. The van der Waals surface area contributed by atoms with Gasteiger partial charge in [0.2, 0.25) is 0 Å². The summed E-state index contributed by atoms with van der Waals surface area (Å²) >= 11 is 0. The van der Waals surface area contributed by atoms with Crippen molar-refractivity contribution in [1.29, 1.82) is 0 Å². The molecule has 1 rings (SSSR count). The molecule has 3 N–H and O–H groups in total. The lowest BCUT2D eigenvalue weighted by Gasteiger charge is -2.06. The summed E-state index contributed by atoms with van der Waals surface area (Å²) in [5.41, 5.74) is 7.00. The monoisotopic (exact) mass is 195 g/mol. The second-order valence-electron chi connectivity index (χ2n) is 2.80. The van der Waals surface area contributed by atoms with Crippen LogP contribution in [-0.4, -0.2) is 17.7 Å². The summed E-state index contributed by atoms with van der Waals surface area (Å²) in [7, 11) is 0. The number of nitrogens with zero attached hydrogens (tertiary/aromatic N) is 1. The van der Waals surface area contributed by atoms with Crippen LogP contribution in [0.2, 0.25) is 0 Å². The number of nitrogens with one attached hydrogen (secondary N) is 1. The molecule has 0 fully saturated rings. The van der Waals surface area contributed by atoms with Crippen LogP contribution in [0, 0.1) is 6.92 Å². The van der Waals surface area contributed by atoms with Crippen molar-refractivity contribution in [2.45, 2.75) is 13.8 Å². The van der Waals surface area contributed by atoms with Crippen LogP contribution in [0.1, 0.15) is 12.5 Å². The fourth-order valence-corrected chi connectivity index (χ4v) is 0.960. The molecule has 0 aromatic carbocycles. The highest BCUT2D eigenvalue weighted by Gasteiger charge is 2.05. The molecule has 1 aromatic heterocycles. The fourth-order valence-electron chi connectivity index (χ4n) is 0.960. The molecule has 0 saturated heterocycles. The van der Waals surface area contributed by atoms with Gasteiger partial charge in [0.05, 0.1) is 12.3 Å². The van der Waals surface area contributed by atoms with Gasteiger partial charge in [0.25, 0.3) is 0 Å². The molecule has 0 aliphatic heterocycles. The number of hydrogen-bond acceptors (Lipinski definition) is 4. The van der Waals surface area contributed by atoms with Crippen LogP contribution in [0.4, 0.5) is 16.3 Å². The fraction of sp³-hybridized carbons (Fsp3) is 0.333. The Hall–Kier alpha value is -1.78. The number of carbonyl (C=O) groups is 1. The lowest BCUT2D eigenvalue weighted by Crippen LogP contribution is -2.15. The number of aryl methyl sites for hydroxylation is 1. The van der Waals surface area contributed by atoms with Gasteiger partial charge >= 0.3 is 6.09 Å². The standard InChI is InChI=1S/C9H13N3O2/c1-3-14-9(13)12-8-7(10)4-6(2)5-11-8/h4-5H,3,10H2,1-2H3,(H,11,12,13). The van der Waals surface area contributed by atoms with E-state index in [-0.39, 0.29) is 0 Å². The Labute approximate surface area is 82.3 Å². The molecule has 0 atom stereocenters. The number of pyridine rings is 1. The molecular formula is C9H13N3O2. The maximum Gasteiger partial charge on any atom is 0.412 e. The minimum absolute atomic E-state index is 0.317. The number of rotatable bonds is 2. The Balaban J connectivity index is 2.72. The van der Waals surface area contributed by atoms with Gasteiger partial charge < -0.3 is 10.5 Å². The first-order valence-corrected chi connectivity index (χ1v) is 4.29. The van der Waals surface area contributed by atoms with Gasteiger partial charge in [-0.25, -0.2) is 9.78 Å². The highest BCUT2D eigenvalue weighted by atomic mass is 16.5. The molecule has 1 aromatic rings. The summed E-state index contributed by atoms with van der Waals surface area (Å²) in [6.07, 6.45) is 1.08. The zero-order chi connectivity index (χ0) is 10.6. The minimum Gasteiger partial charge on any atom is -0.450 e. The van der Waals surface area contributed by atoms with E-state index in [9.17, 15) is 4.79 Å². The van der Waals surface area contributed by atoms with Crippen molar-refractivity contribution >= 4 is 17.6 Å². The zero-order valence-corrected chi connectivity index (χ0v) is 8.20. The van der Waals surface area contributed by atoms with Crippen LogP contribution < -0.4 is 11.1 Å². The molecule has 0 aliphatic rings. The predicted molar refractivity (Wildman–Crippen MR) is 54.0 cm³/mol. The molecule has 0 radical (unpaired) electrons. The van der Waals surface area contributed by atoms with E-state index in [1.165, 1.54) is 0 Å². The van der Waals surface area contributed by atoms with E-state index in [0.29, 0.717) is 18.1 Å². The smallest absolute Gasteiger partial charge is 0.412 e. The number of aromatic nitrogens is 1. The first-order chi connectivity index (χ1) is 6.63. The van der Waals surface area contributed by atoms with Crippen molar-refractivity contribution in [3.05, 3.63) is 17.8 Å². The molecule has 0 aliphatic carbocycles. The topological polar surface area (TPSA) is 77.2 Å². The van der Waals surface area contributed by atoms with Crippen molar-refractivity contribution < 1.29 is 9.53 Å². The Morgan fingerprint density at radius 1 is 1.71 bits per heavy atom. The van der Waals surface area contributed by atoms with E-state index in [1.807, 2.05) is 6.92 Å². The summed E-state index contributed by atoms with van der Waals surface area (Å²) in [6.45, 7) is 3.92. The highest BCUT2D eigenvalue weighted by molar-refractivity contribution is 5.87. The van der Waals surface area contributed by atoms with E-state index in [4.69, 9.17) is 5.73 Å². The SMILES string of the molecule is CCOC(=O)Nc1ncc(C)cc1N. The molecule has 0 bridgehead atoms. The number of carbonyl (C=O) groups excluding carboxylic acids is 1. The number of anilines is 2. The number of nitrogens with two attached hydrogens (primary N) is 1. The summed E-state index contributed by atoms with van der Waals surface area (Å²) < 4.78 is 4.69. The highest BCUT2D eigenvalue weighted by Crippen LogP contribution is 2.15. The number of amides is 1. The predicted octanol–water partition coefficient (Wildman–Crippen LogP) is 1.54.